The van der Waals surface area contributed by atoms with Crippen LogP contribution < -0.4 is 10.2 Å². The van der Waals surface area contributed by atoms with Crippen molar-refractivity contribution in [1.29, 1.82) is 0 Å². The number of benzene rings is 2. The molecule has 0 aliphatic carbocycles. The normalized spacial score (nSPS) is 16.2. The number of rotatable bonds is 10. The molecule has 2 N–H and O–H groups in total. The Hall–Kier alpha value is -3.48. The molecule has 0 bridgehead atoms. The molecule has 2 aromatic carbocycles. The van der Waals surface area contributed by atoms with Crippen LogP contribution in [0.1, 0.15) is 36.7 Å². The Morgan fingerprint density at radius 3 is 2.72 bits per heavy atom. The molecule has 0 saturated carbocycles. The molecular weight excluding hydrogens is 643 g/mol. The van der Waals surface area contributed by atoms with Crippen LogP contribution in [-0.4, -0.2) is 80.1 Å². The maximum Gasteiger partial charge on any atom is 0.257 e. The molecule has 0 spiro atoms. The van der Waals surface area contributed by atoms with Gasteiger partial charge in [0.05, 0.1) is 22.1 Å². The van der Waals surface area contributed by atoms with Gasteiger partial charge in [-0.3, -0.25) is 14.8 Å². The maximum atomic E-state index is 13.8. The van der Waals surface area contributed by atoms with E-state index >= 15 is 0 Å². The van der Waals surface area contributed by atoms with Crippen molar-refractivity contribution in [3.8, 4) is 11.1 Å². The summed E-state index contributed by atoms with van der Waals surface area (Å²) in [4.78, 5) is 27.4. The highest BCUT2D eigenvalue weighted by Gasteiger charge is 2.32. The number of piperidine rings is 1. The minimum atomic E-state index is -0.822. The maximum absolute atomic E-state index is 13.8. The van der Waals surface area contributed by atoms with Crippen LogP contribution in [0.5, 0.6) is 0 Å². The van der Waals surface area contributed by atoms with Crippen LogP contribution in [-0.2, 0) is 17.8 Å². The monoisotopic (exact) mass is 678 g/mol. The summed E-state index contributed by atoms with van der Waals surface area (Å²) >= 11 is 15.3. The van der Waals surface area contributed by atoms with Crippen molar-refractivity contribution in [2.75, 3.05) is 50.1 Å². The Morgan fingerprint density at radius 1 is 1.17 bits per heavy atom. The number of aromatic nitrogens is 5. The molecule has 13 heteroatoms. The quantitative estimate of drug-likeness (QED) is 0.187. The summed E-state index contributed by atoms with van der Waals surface area (Å²) in [6.45, 7) is 5.15. The summed E-state index contributed by atoms with van der Waals surface area (Å²) in [6.07, 6.45) is 9.21. The number of halogens is 2. The lowest BCUT2D eigenvalue weighted by atomic mass is 9.98. The molecule has 7 rings (SSSR count). The van der Waals surface area contributed by atoms with Gasteiger partial charge in [-0.25, -0.2) is 9.97 Å². The number of hydrogen-bond donors (Lipinski definition) is 2. The van der Waals surface area contributed by atoms with Crippen molar-refractivity contribution in [1.82, 2.24) is 29.2 Å². The molecule has 1 unspecified atom stereocenters. The molecule has 3 aromatic heterocycles. The molecule has 5 heterocycles. The van der Waals surface area contributed by atoms with Gasteiger partial charge in [0.1, 0.15) is 5.52 Å². The van der Waals surface area contributed by atoms with Gasteiger partial charge in [-0.05, 0) is 68.5 Å². The first-order valence-electron chi connectivity index (χ1n) is 15.7. The molecule has 1 atom stereocenters. The van der Waals surface area contributed by atoms with E-state index < -0.39 is 6.04 Å². The van der Waals surface area contributed by atoms with Crippen molar-refractivity contribution in [2.24, 2.45) is 5.92 Å². The Balaban J connectivity index is 1.14. The third kappa shape index (κ3) is 6.14. The topological polar surface area (TPSA) is 104 Å². The number of carbonyl (C=O) groups is 1. The highest BCUT2D eigenvalue weighted by molar-refractivity contribution is 7.13. The fourth-order valence-electron chi connectivity index (χ4n) is 6.54. The van der Waals surface area contributed by atoms with Crippen LogP contribution in [0.4, 0.5) is 10.8 Å². The van der Waals surface area contributed by atoms with Crippen LogP contribution in [0.15, 0.2) is 54.4 Å². The van der Waals surface area contributed by atoms with Crippen molar-refractivity contribution >= 4 is 62.2 Å². The second-order valence-corrected chi connectivity index (χ2v) is 13.8. The number of nitrogens with one attached hydrogen (secondary N) is 1. The molecule has 0 radical (unpaired) electrons. The number of anilines is 2. The molecule has 2 aliphatic rings. The summed E-state index contributed by atoms with van der Waals surface area (Å²) in [5.41, 5.74) is 5.05. The van der Waals surface area contributed by atoms with E-state index in [-0.39, 0.29) is 5.91 Å². The van der Waals surface area contributed by atoms with Gasteiger partial charge in [-0.15, -0.1) is 11.3 Å². The smallest absolute Gasteiger partial charge is 0.257 e. The van der Waals surface area contributed by atoms with Crippen molar-refractivity contribution in [3.05, 3.63) is 75.9 Å². The minimum Gasteiger partial charge on any atom is -0.396 e. The highest BCUT2D eigenvalue weighted by Crippen LogP contribution is 2.40. The number of amides is 1. The minimum absolute atomic E-state index is 0.280. The molecule has 46 heavy (non-hydrogen) atoms. The zero-order valence-corrected chi connectivity index (χ0v) is 27.9. The number of thiazole rings is 1. The van der Waals surface area contributed by atoms with Crippen LogP contribution in [0.2, 0.25) is 10.0 Å². The van der Waals surface area contributed by atoms with Gasteiger partial charge < -0.3 is 19.5 Å². The number of nitrogens with zero attached hydrogens (tertiary/aromatic N) is 7. The van der Waals surface area contributed by atoms with Gasteiger partial charge in [-0.2, -0.15) is 5.10 Å². The van der Waals surface area contributed by atoms with E-state index in [4.69, 9.17) is 28.3 Å². The van der Waals surface area contributed by atoms with E-state index in [1.165, 1.54) is 11.3 Å². The Morgan fingerprint density at radius 2 is 1.98 bits per heavy atom. The van der Waals surface area contributed by atoms with Gasteiger partial charge >= 0.3 is 0 Å². The molecule has 240 valence electrons. The van der Waals surface area contributed by atoms with Crippen LogP contribution >= 0.6 is 34.5 Å². The molecular formula is C33H36Cl2N8O2S. The van der Waals surface area contributed by atoms with Gasteiger partial charge in [0, 0.05) is 73.4 Å². The first-order valence-corrected chi connectivity index (χ1v) is 17.3. The zero-order valence-electron chi connectivity index (χ0n) is 25.6. The Bertz CT molecular complexity index is 1830. The van der Waals surface area contributed by atoms with E-state index in [0.717, 1.165) is 80.9 Å². The van der Waals surface area contributed by atoms with Gasteiger partial charge in [0.15, 0.2) is 11.2 Å². The lowest BCUT2D eigenvalue weighted by Gasteiger charge is -2.32. The predicted octanol–water partition coefficient (Wildman–Crippen LogP) is 5.98. The zero-order chi connectivity index (χ0) is 31.8. The summed E-state index contributed by atoms with van der Waals surface area (Å²) in [5.74, 6) is 0.167. The number of imidazole rings is 1. The number of aryl methyl sites for hydroxylation is 1. The lowest BCUT2D eigenvalue weighted by molar-refractivity contribution is -0.118. The van der Waals surface area contributed by atoms with Crippen molar-refractivity contribution in [2.45, 2.75) is 38.3 Å². The van der Waals surface area contributed by atoms with Crippen LogP contribution in [0.3, 0.4) is 0 Å². The largest absolute Gasteiger partial charge is 0.396 e. The molecule has 10 nitrogen and oxygen atoms in total. The number of likely N-dealkylation sites (tertiary alicyclic amines) is 1. The number of aliphatic hydroxyl groups excluding tert-OH is 1. The number of hydrogen-bond acceptors (Lipinski definition) is 8. The average molecular weight is 680 g/mol. The van der Waals surface area contributed by atoms with Gasteiger partial charge in [0.25, 0.3) is 5.91 Å². The van der Waals surface area contributed by atoms with E-state index in [2.05, 4.69) is 61.0 Å². The third-order valence-corrected chi connectivity index (χ3v) is 10.7. The van der Waals surface area contributed by atoms with Crippen LogP contribution in [0.25, 0.3) is 22.0 Å². The van der Waals surface area contributed by atoms with Gasteiger partial charge in [-0.1, -0.05) is 35.3 Å². The van der Waals surface area contributed by atoms with Gasteiger partial charge in [0.2, 0.25) is 0 Å². The Labute approximate surface area is 281 Å². The molecule has 1 amide bonds. The van der Waals surface area contributed by atoms with E-state index in [0.29, 0.717) is 44.3 Å². The highest BCUT2D eigenvalue weighted by atomic mass is 35.5. The molecule has 1 saturated heterocycles. The van der Waals surface area contributed by atoms with E-state index in [9.17, 15) is 9.90 Å². The van der Waals surface area contributed by atoms with E-state index in [1.807, 2.05) is 11.4 Å². The summed E-state index contributed by atoms with van der Waals surface area (Å²) in [5, 5.41) is 21.2. The van der Waals surface area contributed by atoms with E-state index in [1.54, 1.807) is 23.4 Å². The standard InChI is InChI=1S/C33H36Cl2N8O2S/c1-40(14-15-41-12-8-21(19-44)9-13-41)23-6-4-22(5-7-23)24-17-26(34)25-18-43(39-29(25)28(24)35)31(32(45)38-33-36-10-16-46-33)30-27-3-2-11-42(27)20-37-30/h4-7,10,16-18,20-21,31,44H,2-3,8-9,11-15,19H2,1H3,(H,36,38,45). The summed E-state index contributed by atoms with van der Waals surface area (Å²) < 4.78 is 3.73. The van der Waals surface area contributed by atoms with Crippen LogP contribution in [0, 0.1) is 5.92 Å². The number of fused-ring (bicyclic) bond motifs is 2. The average Bonchev–Trinajstić information content (AvgIpc) is 3.89. The number of likely N-dealkylation sites (N-methyl/N-ethyl adjacent to an activating group) is 1. The summed E-state index contributed by atoms with van der Waals surface area (Å²) in [6, 6.07) is 9.34. The first-order chi connectivity index (χ1) is 22.4. The number of aliphatic hydroxyl groups is 1. The molecule has 5 aromatic rings. The Kier molecular flexibility index (Phi) is 9.02. The fraction of sp³-hybridized carbons (Fsp3) is 0.394. The second-order valence-electron chi connectivity index (χ2n) is 12.1. The predicted molar refractivity (Wildman–Crippen MR) is 184 cm³/mol. The fourth-order valence-corrected chi connectivity index (χ4v) is 7.62. The SMILES string of the molecule is CN(CCN1CCC(CO)CC1)c1ccc(-c2cc(Cl)c3cn(C(C(=O)Nc4nccs4)c4ncn5c4CCC5)nc3c2Cl)cc1. The third-order valence-electron chi connectivity index (χ3n) is 9.27. The lowest BCUT2D eigenvalue weighted by Crippen LogP contribution is -2.39. The first kappa shape index (κ1) is 31.1. The summed E-state index contributed by atoms with van der Waals surface area (Å²) in [7, 11) is 2.11. The molecule has 2 aliphatic heterocycles. The van der Waals surface area contributed by atoms with Crippen molar-refractivity contribution < 1.29 is 9.90 Å². The van der Waals surface area contributed by atoms with Crippen molar-refractivity contribution in [3.63, 3.8) is 0 Å². The molecule has 1 fully saturated rings. The second kappa shape index (κ2) is 13.3. The number of carbonyl (C=O) groups excluding carboxylic acids is 1.